The molecule has 1 unspecified atom stereocenters. The predicted molar refractivity (Wildman–Crippen MR) is 63.3 cm³/mol. The Labute approximate surface area is 99.3 Å². The summed E-state index contributed by atoms with van der Waals surface area (Å²) in [6, 6.07) is -0.0630. The van der Waals surface area contributed by atoms with Crippen LogP contribution in [0, 0.1) is 0 Å². The van der Waals surface area contributed by atoms with Crippen LogP contribution in [0.25, 0.3) is 0 Å². The van der Waals surface area contributed by atoms with Gasteiger partial charge in [-0.3, -0.25) is 9.59 Å². The van der Waals surface area contributed by atoms with Crippen molar-refractivity contribution in [2.75, 3.05) is 37.7 Å². The molecule has 0 radical (unpaired) electrons. The first-order valence-corrected chi connectivity index (χ1v) is 6.79. The SMILES string of the molecule is O=C1CCN(C(=O)C2CSCCN2)CCN1. The van der Waals surface area contributed by atoms with Gasteiger partial charge >= 0.3 is 0 Å². The van der Waals surface area contributed by atoms with Crippen LogP contribution in [0.3, 0.4) is 0 Å². The lowest BCUT2D eigenvalue weighted by molar-refractivity contribution is -0.132. The minimum absolute atomic E-state index is 0.0429. The third-order valence-electron chi connectivity index (χ3n) is 2.84. The van der Waals surface area contributed by atoms with Crippen LogP contribution in [0.2, 0.25) is 0 Å². The normalized spacial score (nSPS) is 27.1. The predicted octanol–water partition coefficient (Wildman–Crippen LogP) is -0.960. The van der Waals surface area contributed by atoms with Gasteiger partial charge in [-0.25, -0.2) is 0 Å². The molecule has 6 heteroatoms. The first-order valence-electron chi connectivity index (χ1n) is 5.64. The van der Waals surface area contributed by atoms with Crippen molar-refractivity contribution in [3.8, 4) is 0 Å². The van der Waals surface area contributed by atoms with E-state index in [1.54, 1.807) is 4.90 Å². The van der Waals surface area contributed by atoms with E-state index >= 15 is 0 Å². The van der Waals surface area contributed by atoms with Crippen molar-refractivity contribution in [3.05, 3.63) is 0 Å². The highest BCUT2D eigenvalue weighted by atomic mass is 32.2. The summed E-state index contributed by atoms with van der Waals surface area (Å²) in [6.45, 7) is 2.65. The molecule has 0 aromatic heterocycles. The summed E-state index contributed by atoms with van der Waals surface area (Å²) in [4.78, 5) is 25.1. The Hall–Kier alpha value is -0.750. The third-order valence-corrected chi connectivity index (χ3v) is 3.91. The number of rotatable bonds is 1. The van der Waals surface area contributed by atoms with E-state index in [1.807, 2.05) is 11.8 Å². The molecule has 2 aliphatic rings. The van der Waals surface area contributed by atoms with E-state index < -0.39 is 0 Å². The molecule has 0 aromatic rings. The van der Waals surface area contributed by atoms with Crippen LogP contribution in [0.15, 0.2) is 0 Å². The largest absolute Gasteiger partial charge is 0.354 e. The summed E-state index contributed by atoms with van der Waals surface area (Å²) in [5.41, 5.74) is 0. The number of hydrogen-bond donors (Lipinski definition) is 2. The van der Waals surface area contributed by atoms with E-state index in [2.05, 4.69) is 10.6 Å². The van der Waals surface area contributed by atoms with Crippen molar-refractivity contribution in [2.24, 2.45) is 0 Å². The Kier molecular flexibility index (Phi) is 4.06. The van der Waals surface area contributed by atoms with Crippen molar-refractivity contribution in [1.29, 1.82) is 0 Å². The zero-order chi connectivity index (χ0) is 11.4. The minimum Gasteiger partial charge on any atom is -0.354 e. The van der Waals surface area contributed by atoms with Gasteiger partial charge in [-0.05, 0) is 0 Å². The molecule has 2 saturated heterocycles. The van der Waals surface area contributed by atoms with Crippen LogP contribution >= 0.6 is 11.8 Å². The molecule has 0 aromatic carbocycles. The fraction of sp³-hybridized carbons (Fsp3) is 0.800. The molecular formula is C10H17N3O2S. The standard InChI is InChI=1S/C10H17N3O2S/c14-9-1-4-13(5-2-12-9)10(15)8-7-16-6-3-11-8/h8,11H,1-7H2,(H,12,14). The van der Waals surface area contributed by atoms with Gasteiger partial charge in [-0.1, -0.05) is 0 Å². The zero-order valence-electron chi connectivity index (χ0n) is 9.20. The third kappa shape index (κ3) is 2.89. The average Bonchev–Trinajstić information content (AvgIpc) is 2.54. The lowest BCUT2D eigenvalue weighted by atomic mass is 10.2. The highest BCUT2D eigenvalue weighted by Crippen LogP contribution is 2.10. The van der Waals surface area contributed by atoms with Gasteiger partial charge in [0, 0.05) is 44.1 Å². The summed E-state index contributed by atoms with van der Waals surface area (Å²) in [5.74, 6) is 2.10. The van der Waals surface area contributed by atoms with Gasteiger partial charge in [-0.15, -0.1) is 0 Å². The summed E-state index contributed by atoms with van der Waals surface area (Å²) in [6.07, 6.45) is 0.422. The molecule has 2 N–H and O–H groups in total. The maximum absolute atomic E-state index is 12.1. The highest BCUT2D eigenvalue weighted by molar-refractivity contribution is 7.99. The lowest BCUT2D eigenvalue weighted by Gasteiger charge is -2.28. The van der Waals surface area contributed by atoms with Crippen LogP contribution in [0.4, 0.5) is 0 Å². The van der Waals surface area contributed by atoms with Crippen LogP contribution in [0.1, 0.15) is 6.42 Å². The zero-order valence-corrected chi connectivity index (χ0v) is 10.0. The van der Waals surface area contributed by atoms with Gasteiger partial charge in [0.15, 0.2) is 0 Å². The van der Waals surface area contributed by atoms with Gasteiger partial charge in [0.25, 0.3) is 0 Å². The quantitative estimate of drug-likeness (QED) is 0.623. The fourth-order valence-corrected chi connectivity index (χ4v) is 2.86. The molecule has 0 aliphatic carbocycles. The monoisotopic (exact) mass is 243 g/mol. The first-order chi connectivity index (χ1) is 7.77. The van der Waals surface area contributed by atoms with Crippen LogP contribution < -0.4 is 10.6 Å². The molecule has 16 heavy (non-hydrogen) atoms. The van der Waals surface area contributed by atoms with Crippen molar-refractivity contribution in [2.45, 2.75) is 12.5 Å². The molecule has 5 nitrogen and oxygen atoms in total. The topological polar surface area (TPSA) is 61.4 Å². The van der Waals surface area contributed by atoms with Crippen LogP contribution in [0.5, 0.6) is 0 Å². The Morgan fingerprint density at radius 1 is 1.38 bits per heavy atom. The van der Waals surface area contributed by atoms with Crippen LogP contribution in [-0.2, 0) is 9.59 Å². The smallest absolute Gasteiger partial charge is 0.240 e. The molecule has 2 amide bonds. The molecule has 0 spiro atoms. The average molecular weight is 243 g/mol. The van der Waals surface area contributed by atoms with Crippen molar-refractivity contribution in [3.63, 3.8) is 0 Å². The number of nitrogens with zero attached hydrogens (tertiary/aromatic N) is 1. The van der Waals surface area contributed by atoms with E-state index in [1.165, 1.54) is 0 Å². The summed E-state index contributed by atoms with van der Waals surface area (Å²) >= 11 is 1.81. The Morgan fingerprint density at radius 3 is 3.00 bits per heavy atom. The summed E-state index contributed by atoms with van der Waals surface area (Å²) in [7, 11) is 0. The maximum atomic E-state index is 12.1. The maximum Gasteiger partial charge on any atom is 0.240 e. The second kappa shape index (κ2) is 5.54. The number of hydrogen-bond acceptors (Lipinski definition) is 4. The number of carbonyl (C=O) groups is 2. The van der Waals surface area contributed by atoms with E-state index in [0.717, 1.165) is 18.1 Å². The lowest BCUT2D eigenvalue weighted by Crippen LogP contribution is -2.51. The molecule has 0 bridgehead atoms. The second-order valence-corrected chi connectivity index (χ2v) is 5.16. The number of thioether (sulfide) groups is 1. The van der Waals surface area contributed by atoms with E-state index in [9.17, 15) is 9.59 Å². The Balaban J connectivity index is 1.89. The van der Waals surface area contributed by atoms with Gasteiger partial charge < -0.3 is 15.5 Å². The minimum atomic E-state index is -0.0630. The molecule has 2 heterocycles. The molecule has 2 fully saturated rings. The number of amides is 2. The van der Waals surface area contributed by atoms with Gasteiger partial charge in [-0.2, -0.15) is 11.8 Å². The molecule has 1 atom stereocenters. The molecule has 90 valence electrons. The Morgan fingerprint density at radius 2 is 2.25 bits per heavy atom. The van der Waals surface area contributed by atoms with Gasteiger partial charge in [0.1, 0.15) is 0 Å². The fourth-order valence-electron chi connectivity index (χ4n) is 1.93. The summed E-state index contributed by atoms with van der Waals surface area (Å²) < 4.78 is 0. The van der Waals surface area contributed by atoms with Crippen LogP contribution in [-0.4, -0.2) is 60.4 Å². The van der Waals surface area contributed by atoms with Gasteiger partial charge in [0.05, 0.1) is 6.04 Å². The number of carbonyl (C=O) groups excluding carboxylic acids is 2. The van der Waals surface area contributed by atoms with E-state index in [-0.39, 0.29) is 17.9 Å². The van der Waals surface area contributed by atoms with E-state index in [4.69, 9.17) is 0 Å². The highest BCUT2D eigenvalue weighted by Gasteiger charge is 2.27. The van der Waals surface area contributed by atoms with Crippen molar-refractivity contribution < 1.29 is 9.59 Å². The second-order valence-electron chi connectivity index (χ2n) is 4.01. The van der Waals surface area contributed by atoms with Crippen molar-refractivity contribution in [1.82, 2.24) is 15.5 Å². The molecule has 0 saturated carbocycles. The summed E-state index contributed by atoms with van der Waals surface area (Å²) in [5, 5.41) is 6.00. The molecular weight excluding hydrogens is 226 g/mol. The first kappa shape index (κ1) is 11.7. The van der Waals surface area contributed by atoms with E-state index in [0.29, 0.717) is 26.1 Å². The molecule has 2 aliphatic heterocycles. The molecule has 2 rings (SSSR count). The number of nitrogens with one attached hydrogen (secondary N) is 2. The van der Waals surface area contributed by atoms with Crippen molar-refractivity contribution >= 4 is 23.6 Å². The Bertz CT molecular complexity index is 279. The van der Waals surface area contributed by atoms with Gasteiger partial charge in [0.2, 0.25) is 11.8 Å².